The van der Waals surface area contributed by atoms with E-state index in [1.165, 1.54) is 26.0 Å². The number of halogens is 1. The number of aryl methyl sites for hydroxylation is 1. The number of aromatic nitrogens is 2. The van der Waals surface area contributed by atoms with Crippen LogP contribution in [0.1, 0.15) is 33.4 Å². The molecular weight excluding hydrogens is 352 g/mol. The summed E-state index contributed by atoms with van der Waals surface area (Å²) in [6.07, 6.45) is -0.633. The summed E-state index contributed by atoms with van der Waals surface area (Å²) >= 11 is 5.86. The lowest BCUT2D eigenvalue weighted by atomic mass is 10.1. The molecule has 1 heterocycles. The van der Waals surface area contributed by atoms with Gasteiger partial charge in [-0.1, -0.05) is 0 Å². The summed E-state index contributed by atoms with van der Waals surface area (Å²) in [5.41, 5.74) is -0.763. The summed E-state index contributed by atoms with van der Waals surface area (Å²) in [4.78, 5) is 32.2. The highest BCUT2D eigenvalue weighted by Gasteiger charge is 2.37. The van der Waals surface area contributed by atoms with Gasteiger partial charge in [0.15, 0.2) is 6.04 Å². The molecule has 0 spiro atoms. The Labute approximate surface area is 151 Å². The number of esters is 1. The summed E-state index contributed by atoms with van der Waals surface area (Å²) in [7, 11) is 2.73. The predicted molar refractivity (Wildman–Crippen MR) is 92.9 cm³/mol. The highest BCUT2D eigenvalue weighted by atomic mass is 35.5. The van der Waals surface area contributed by atoms with Crippen molar-refractivity contribution >= 4 is 29.1 Å². The first-order chi connectivity index (χ1) is 11.4. The molecule has 10 heteroatoms. The Balaban J connectivity index is 3.42. The summed E-state index contributed by atoms with van der Waals surface area (Å²) in [6.45, 7) is 8.65. The first kappa shape index (κ1) is 21.0. The molecular formula is C15H23ClN4O5. The summed E-state index contributed by atoms with van der Waals surface area (Å²) < 4.78 is 10.7. The van der Waals surface area contributed by atoms with Crippen molar-refractivity contribution in [3.63, 3.8) is 0 Å². The molecule has 0 saturated heterocycles. The zero-order valence-electron chi connectivity index (χ0n) is 15.4. The minimum Gasteiger partial charge on any atom is -0.467 e. The molecule has 1 aromatic rings. The van der Waals surface area contributed by atoms with Crippen LogP contribution in [0.15, 0.2) is 0 Å². The fourth-order valence-electron chi connectivity index (χ4n) is 2.52. The van der Waals surface area contributed by atoms with E-state index >= 15 is 0 Å². The van der Waals surface area contributed by atoms with Crippen molar-refractivity contribution in [1.29, 1.82) is 0 Å². The van der Waals surface area contributed by atoms with Gasteiger partial charge in [0, 0.05) is 7.05 Å². The number of carbonyl (C=O) groups is 1. The van der Waals surface area contributed by atoms with E-state index in [-0.39, 0.29) is 22.5 Å². The normalized spacial score (nSPS) is 13.9. The van der Waals surface area contributed by atoms with E-state index in [0.29, 0.717) is 0 Å². The van der Waals surface area contributed by atoms with Crippen molar-refractivity contribution in [1.82, 2.24) is 9.97 Å². The first-order valence-corrected chi connectivity index (χ1v) is 7.93. The van der Waals surface area contributed by atoms with Crippen molar-refractivity contribution in [2.45, 2.75) is 52.4 Å². The van der Waals surface area contributed by atoms with E-state index in [0.717, 1.165) is 0 Å². The third kappa shape index (κ3) is 5.23. The molecule has 25 heavy (non-hydrogen) atoms. The minimum absolute atomic E-state index is 0.0812. The lowest BCUT2D eigenvalue weighted by molar-refractivity contribution is -0.385. The van der Waals surface area contributed by atoms with E-state index in [4.69, 9.17) is 21.1 Å². The van der Waals surface area contributed by atoms with Crippen LogP contribution in [0.2, 0.25) is 5.28 Å². The number of carbonyl (C=O) groups excluding carboxylic acids is 1. The highest BCUT2D eigenvalue weighted by Crippen LogP contribution is 2.31. The van der Waals surface area contributed by atoms with Crippen LogP contribution in [-0.4, -0.2) is 52.8 Å². The zero-order valence-corrected chi connectivity index (χ0v) is 16.1. The second-order valence-corrected chi connectivity index (χ2v) is 6.86. The van der Waals surface area contributed by atoms with Crippen LogP contribution in [0.3, 0.4) is 0 Å². The molecule has 1 rings (SSSR count). The number of methoxy groups -OCH3 is 1. The maximum Gasteiger partial charge on any atom is 0.332 e. The number of ether oxygens (including phenoxy) is 2. The van der Waals surface area contributed by atoms with Crippen LogP contribution in [0, 0.1) is 17.0 Å². The molecule has 9 nitrogen and oxygen atoms in total. The lowest BCUT2D eigenvalue weighted by Crippen LogP contribution is -2.50. The monoisotopic (exact) mass is 374 g/mol. The van der Waals surface area contributed by atoms with Gasteiger partial charge in [-0.05, 0) is 46.2 Å². The third-order valence-corrected chi connectivity index (χ3v) is 3.54. The molecule has 140 valence electrons. The Bertz CT molecular complexity index is 662. The van der Waals surface area contributed by atoms with Crippen LogP contribution in [0.5, 0.6) is 0 Å². The molecule has 0 aromatic carbocycles. The van der Waals surface area contributed by atoms with E-state index in [1.54, 1.807) is 6.92 Å². The minimum atomic E-state index is -0.965. The van der Waals surface area contributed by atoms with E-state index in [1.807, 2.05) is 20.8 Å². The van der Waals surface area contributed by atoms with Gasteiger partial charge in [-0.2, -0.15) is 4.98 Å². The van der Waals surface area contributed by atoms with Gasteiger partial charge >= 0.3 is 11.7 Å². The molecule has 0 aliphatic carbocycles. The molecule has 0 N–H and O–H groups in total. The van der Waals surface area contributed by atoms with Gasteiger partial charge in [-0.3, -0.25) is 10.1 Å². The summed E-state index contributed by atoms with van der Waals surface area (Å²) in [6, 6.07) is -0.965. The zero-order chi connectivity index (χ0) is 19.5. The molecule has 2 unspecified atom stereocenters. The second-order valence-electron chi connectivity index (χ2n) is 6.52. The Kier molecular flexibility index (Phi) is 6.67. The number of nitrogens with zero attached hydrogens (tertiary/aromatic N) is 4. The van der Waals surface area contributed by atoms with Crippen molar-refractivity contribution in [2.75, 3.05) is 19.1 Å². The summed E-state index contributed by atoms with van der Waals surface area (Å²) in [5.74, 6) is -0.691. The SMILES string of the molecule is COC(=O)C(C(C)OC(C)(C)C)N(C)c1nc(Cl)nc(C)c1[N+](=O)[O-]. The van der Waals surface area contributed by atoms with Gasteiger partial charge in [0.25, 0.3) is 0 Å². The average molecular weight is 375 g/mol. The molecule has 0 radical (unpaired) electrons. The summed E-state index contributed by atoms with van der Waals surface area (Å²) in [5, 5.41) is 11.3. The molecule has 0 fully saturated rings. The highest BCUT2D eigenvalue weighted by molar-refractivity contribution is 6.28. The Hall–Kier alpha value is -2.00. The van der Waals surface area contributed by atoms with Gasteiger partial charge in [-0.15, -0.1) is 0 Å². The number of hydrogen-bond acceptors (Lipinski definition) is 8. The quantitative estimate of drug-likeness (QED) is 0.323. The number of rotatable bonds is 6. The fraction of sp³-hybridized carbons (Fsp3) is 0.667. The Morgan fingerprint density at radius 3 is 2.36 bits per heavy atom. The molecule has 0 aliphatic heterocycles. The number of hydrogen-bond donors (Lipinski definition) is 0. The fourth-order valence-corrected chi connectivity index (χ4v) is 2.72. The van der Waals surface area contributed by atoms with Gasteiger partial charge in [0.2, 0.25) is 11.1 Å². The number of likely N-dealkylation sites (N-methyl/N-ethyl adjacent to an activating group) is 1. The standard InChI is InChI=1S/C15H23ClN4O5/c1-8-10(20(22)23)12(18-14(16)17-8)19(6)11(13(21)24-7)9(2)25-15(3,4)5/h9,11H,1-7H3. The van der Waals surface area contributed by atoms with Crippen molar-refractivity contribution < 1.29 is 19.2 Å². The van der Waals surface area contributed by atoms with Crippen LogP contribution < -0.4 is 4.90 Å². The number of nitro groups is 1. The maximum atomic E-state index is 12.3. The van der Waals surface area contributed by atoms with Gasteiger partial charge in [0.05, 0.1) is 23.7 Å². The molecule has 0 amide bonds. The molecule has 0 aliphatic rings. The average Bonchev–Trinajstić information content (AvgIpc) is 2.43. The Morgan fingerprint density at radius 1 is 1.36 bits per heavy atom. The van der Waals surface area contributed by atoms with E-state index < -0.39 is 28.6 Å². The second kappa shape index (κ2) is 7.92. The van der Waals surface area contributed by atoms with Crippen LogP contribution in [0.4, 0.5) is 11.5 Å². The van der Waals surface area contributed by atoms with E-state index in [9.17, 15) is 14.9 Å². The molecule has 1 aromatic heterocycles. The van der Waals surface area contributed by atoms with Crippen LogP contribution >= 0.6 is 11.6 Å². The van der Waals surface area contributed by atoms with Crippen molar-refractivity contribution in [3.8, 4) is 0 Å². The van der Waals surface area contributed by atoms with Gasteiger partial charge in [0.1, 0.15) is 5.69 Å². The lowest BCUT2D eigenvalue weighted by Gasteiger charge is -2.34. The van der Waals surface area contributed by atoms with E-state index in [2.05, 4.69) is 9.97 Å². The smallest absolute Gasteiger partial charge is 0.332 e. The van der Waals surface area contributed by atoms with Crippen molar-refractivity contribution in [3.05, 3.63) is 21.1 Å². The third-order valence-electron chi connectivity index (χ3n) is 3.37. The van der Waals surface area contributed by atoms with Crippen LogP contribution in [0.25, 0.3) is 0 Å². The van der Waals surface area contributed by atoms with Crippen LogP contribution in [-0.2, 0) is 14.3 Å². The maximum absolute atomic E-state index is 12.3. The topological polar surface area (TPSA) is 108 Å². The largest absolute Gasteiger partial charge is 0.467 e. The molecule has 0 saturated carbocycles. The predicted octanol–water partition coefficient (Wildman–Crippen LogP) is 2.53. The van der Waals surface area contributed by atoms with Gasteiger partial charge in [-0.25, -0.2) is 9.78 Å². The van der Waals surface area contributed by atoms with Crippen molar-refractivity contribution in [2.24, 2.45) is 0 Å². The molecule has 0 bridgehead atoms. The molecule has 2 atom stereocenters. The van der Waals surface area contributed by atoms with Gasteiger partial charge < -0.3 is 14.4 Å². The Morgan fingerprint density at radius 2 is 1.92 bits per heavy atom. The number of anilines is 1. The first-order valence-electron chi connectivity index (χ1n) is 7.56.